The molecule has 3 N–H and O–H groups in total. The molecule has 41 heavy (non-hydrogen) atoms. The van der Waals surface area contributed by atoms with Crippen molar-refractivity contribution in [3.05, 3.63) is 41.6 Å². The molecule has 1 atom stereocenters. The van der Waals surface area contributed by atoms with E-state index < -0.39 is 29.6 Å². The quantitative estimate of drug-likeness (QED) is 0.379. The molecule has 3 amide bonds. The predicted molar refractivity (Wildman–Crippen MR) is 147 cm³/mol. The van der Waals surface area contributed by atoms with Gasteiger partial charge >= 0.3 is 6.18 Å². The fraction of sp³-hybridized carbons (Fsp3) is 0.600. The van der Waals surface area contributed by atoms with Gasteiger partial charge in [0.1, 0.15) is 6.04 Å². The standard InChI is InChI=1S/C30H38F3N5O3/c31-30(32,33)23-16-7-6-15-22(23)26-17-25(37-38(26)21-13-4-5-14-21)29(41)36-24(18-27(39)34-19-11-8-12-19)28(40)35-20-9-2-1-3-10-20/h6-7,15-17,19-21,24H,1-5,8-14,18H2,(H,34,39)(H,35,40)(H,36,41)/t24-/m1/s1. The smallest absolute Gasteiger partial charge is 0.353 e. The lowest BCUT2D eigenvalue weighted by Crippen LogP contribution is -2.52. The number of nitrogens with one attached hydrogen (secondary N) is 3. The Morgan fingerprint density at radius 2 is 1.51 bits per heavy atom. The van der Waals surface area contributed by atoms with Gasteiger partial charge in [-0.15, -0.1) is 0 Å². The Morgan fingerprint density at radius 3 is 2.17 bits per heavy atom. The summed E-state index contributed by atoms with van der Waals surface area (Å²) in [6.45, 7) is 0. The summed E-state index contributed by atoms with van der Waals surface area (Å²) in [6.07, 6.45) is 6.14. The molecule has 0 spiro atoms. The Morgan fingerprint density at radius 1 is 0.878 bits per heavy atom. The fourth-order valence-corrected chi connectivity index (χ4v) is 6.10. The first-order valence-corrected chi connectivity index (χ1v) is 14.9. The number of amides is 3. The lowest BCUT2D eigenvalue weighted by molar-refractivity contribution is -0.137. The summed E-state index contributed by atoms with van der Waals surface area (Å²) in [4.78, 5) is 39.5. The van der Waals surface area contributed by atoms with Crippen LogP contribution < -0.4 is 16.0 Å². The second kappa shape index (κ2) is 12.7. The van der Waals surface area contributed by atoms with E-state index in [9.17, 15) is 27.6 Å². The molecule has 0 saturated heterocycles. The van der Waals surface area contributed by atoms with Crippen LogP contribution in [0.15, 0.2) is 30.3 Å². The van der Waals surface area contributed by atoms with E-state index in [1.165, 1.54) is 28.9 Å². The van der Waals surface area contributed by atoms with Gasteiger partial charge in [-0.3, -0.25) is 19.1 Å². The Bertz CT molecular complexity index is 1240. The van der Waals surface area contributed by atoms with Crippen molar-refractivity contribution in [2.45, 2.75) is 114 Å². The maximum atomic E-state index is 13.9. The molecule has 3 saturated carbocycles. The molecule has 0 bridgehead atoms. The minimum atomic E-state index is -4.58. The van der Waals surface area contributed by atoms with Gasteiger partial charge in [0.05, 0.1) is 23.7 Å². The number of hydrogen-bond donors (Lipinski definition) is 3. The number of benzene rings is 1. The predicted octanol–water partition coefficient (Wildman–Crippen LogP) is 5.29. The molecule has 1 aromatic heterocycles. The number of halogens is 3. The van der Waals surface area contributed by atoms with Crippen LogP contribution in [0.4, 0.5) is 13.2 Å². The van der Waals surface area contributed by atoms with E-state index in [0.717, 1.165) is 83.1 Å². The van der Waals surface area contributed by atoms with Gasteiger partial charge in [-0.1, -0.05) is 50.3 Å². The van der Waals surface area contributed by atoms with Gasteiger partial charge in [-0.2, -0.15) is 18.3 Å². The number of alkyl halides is 3. The van der Waals surface area contributed by atoms with Crippen molar-refractivity contribution in [3.8, 4) is 11.3 Å². The summed E-state index contributed by atoms with van der Waals surface area (Å²) in [5.41, 5.74) is -0.729. The van der Waals surface area contributed by atoms with Gasteiger partial charge in [0.2, 0.25) is 11.8 Å². The number of carbonyl (C=O) groups is 3. The van der Waals surface area contributed by atoms with Crippen LogP contribution in [-0.4, -0.2) is 45.6 Å². The van der Waals surface area contributed by atoms with E-state index >= 15 is 0 Å². The topological polar surface area (TPSA) is 105 Å². The van der Waals surface area contributed by atoms with E-state index in [2.05, 4.69) is 21.0 Å². The first-order valence-electron chi connectivity index (χ1n) is 14.9. The summed E-state index contributed by atoms with van der Waals surface area (Å²) in [6, 6.07) is 5.44. The third-order valence-electron chi connectivity index (χ3n) is 8.58. The van der Waals surface area contributed by atoms with Gasteiger partial charge < -0.3 is 16.0 Å². The van der Waals surface area contributed by atoms with E-state index in [1.807, 2.05) is 0 Å². The van der Waals surface area contributed by atoms with Crippen LogP contribution in [0, 0.1) is 0 Å². The second-order valence-corrected chi connectivity index (χ2v) is 11.6. The highest BCUT2D eigenvalue weighted by atomic mass is 19.4. The number of carbonyl (C=O) groups excluding carboxylic acids is 3. The van der Waals surface area contributed by atoms with Crippen molar-refractivity contribution in [2.75, 3.05) is 0 Å². The van der Waals surface area contributed by atoms with Gasteiger partial charge in [-0.05, 0) is 57.1 Å². The molecule has 1 heterocycles. The first kappa shape index (κ1) is 29.1. The molecule has 1 aromatic carbocycles. The van der Waals surface area contributed by atoms with Crippen molar-refractivity contribution in [2.24, 2.45) is 0 Å². The second-order valence-electron chi connectivity index (χ2n) is 11.6. The molecule has 8 nitrogen and oxygen atoms in total. The molecule has 3 fully saturated rings. The number of hydrogen-bond acceptors (Lipinski definition) is 4. The van der Waals surface area contributed by atoms with Crippen LogP contribution in [0.1, 0.15) is 106 Å². The Labute approximate surface area is 237 Å². The maximum absolute atomic E-state index is 13.9. The zero-order valence-corrected chi connectivity index (χ0v) is 23.1. The van der Waals surface area contributed by atoms with Crippen LogP contribution in [0.3, 0.4) is 0 Å². The van der Waals surface area contributed by atoms with Crippen LogP contribution in [0.2, 0.25) is 0 Å². The van der Waals surface area contributed by atoms with E-state index in [1.54, 1.807) is 0 Å². The van der Waals surface area contributed by atoms with Crippen LogP contribution in [-0.2, 0) is 15.8 Å². The molecule has 3 aliphatic rings. The van der Waals surface area contributed by atoms with Gasteiger partial charge in [0.15, 0.2) is 5.69 Å². The molecule has 222 valence electrons. The van der Waals surface area contributed by atoms with E-state index in [-0.39, 0.29) is 47.4 Å². The fourth-order valence-electron chi connectivity index (χ4n) is 6.10. The van der Waals surface area contributed by atoms with E-state index in [4.69, 9.17) is 0 Å². The lowest BCUT2D eigenvalue weighted by Gasteiger charge is -2.28. The summed E-state index contributed by atoms with van der Waals surface area (Å²) in [5, 5.41) is 13.1. The SMILES string of the molecule is O=C(C[C@@H](NC(=O)c1cc(-c2ccccc2C(F)(F)F)n(C2CCCC2)n1)C(=O)NC1CCCCC1)NC1CCC1. The zero-order chi connectivity index (χ0) is 29.0. The number of aromatic nitrogens is 2. The van der Waals surface area contributed by atoms with Gasteiger partial charge in [0.25, 0.3) is 5.91 Å². The highest BCUT2D eigenvalue weighted by Crippen LogP contribution is 2.40. The molecule has 5 rings (SSSR count). The molecule has 0 aliphatic heterocycles. The average Bonchev–Trinajstić information content (AvgIpc) is 3.61. The molecule has 2 aromatic rings. The molecule has 3 aliphatic carbocycles. The zero-order valence-electron chi connectivity index (χ0n) is 23.1. The third-order valence-corrected chi connectivity index (χ3v) is 8.58. The van der Waals surface area contributed by atoms with Crippen molar-refractivity contribution in [3.63, 3.8) is 0 Å². The third kappa shape index (κ3) is 7.11. The molecule has 11 heteroatoms. The maximum Gasteiger partial charge on any atom is 0.417 e. The van der Waals surface area contributed by atoms with E-state index in [0.29, 0.717) is 0 Å². The molecule has 0 radical (unpaired) electrons. The minimum absolute atomic E-state index is 0.0163. The number of nitrogens with zero attached hydrogens (tertiary/aromatic N) is 2. The van der Waals surface area contributed by atoms with Crippen molar-refractivity contribution in [1.82, 2.24) is 25.7 Å². The summed E-state index contributed by atoms with van der Waals surface area (Å²) in [7, 11) is 0. The lowest BCUT2D eigenvalue weighted by atomic mass is 9.93. The summed E-state index contributed by atoms with van der Waals surface area (Å²) in [5.74, 6) is -1.46. The average molecular weight is 574 g/mol. The largest absolute Gasteiger partial charge is 0.417 e. The highest BCUT2D eigenvalue weighted by Gasteiger charge is 2.36. The van der Waals surface area contributed by atoms with Crippen molar-refractivity contribution < 1.29 is 27.6 Å². The minimum Gasteiger partial charge on any atom is -0.353 e. The van der Waals surface area contributed by atoms with Crippen LogP contribution in [0.25, 0.3) is 11.3 Å². The number of rotatable bonds is 9. The Balaban J connectivity index is 1.40. The normalized spacial score (nSPS) is 19.4. The Hall–Kier alpha value is -3.37. The highest BCUT2D eigenvalue weighted by molar-refractivity contribution is 5.98. The van der Waals surface area contributed by atoms with Crippen molar-refractivity contribution >= 4 is 17.7 Å². The van der Waals surface area contributed by atoms with Crippen LogP contribution >= 0.6 is 0 Å². The summed E-state index contributed by atoms with van der Waals surface area (Å²) < 4.78 is 43.3. The molecular formula is C30H38F3N5O3. The first-order chi connectivity index (χ1) is 19.7. The van der Waals surface area contributed by atoms with Crippen LogP contribution in [0.5, 0.6) is 0 Å². The van der Waals surface area contributed by atoms with Crippen molar-refractivity contribution in [1.29, 1.82) is 0 Å². The molecular weight excluding hydrogens is 535 g/mol. The monoisotopic (exact) mass is 573 g/mol. The summed E-state index contributed by atoms with van der Waals surface area (Å²) >= 11 is 0. The Kier molecular flexibility index (Phi) is 8.99. The molecule has 0 unspecified atom stereocenters. The van der Waals surface area contributed by atoms with Gasteiger partial charge in [-0.25, -0.2) is 0 Å². The van der Waals surface area contributed by atoms with Gasteiger partial charge in [0, 0.05) is 17.6 Å².